The van der Waals surface area contributed by atoms with Crippen LogP contribution in [0.4, 0.5) is 21.5 Å². The Bertz CT molecular complexity index is 1850. The molecular formula is C36H25FN2. The molecular weight excluding hydrogens is 479 g/mol. The summed E-state index contributed by atoms with van der Waals surface area (Å²) in [5, 5.41) is 2.34. The molecule has 0 atom stereocenters. The van der Waals surface area contributed by atoms with Gasteiger partial charge >= 0.3 is 0 Å². The molecule has 0 saturated heterocycles. The molecule has 0 radical (unpaired) electrons. The lowest BCUT2D eigenvalue weighted by Gasteiger charge is -2.28. The zero-order chi connectivity index (χ0) is 26.2. The second-order valence-corrected chi connectivity index (χ2v) is 9.59. The molecule has 7 aromatic rings. The van der Waals surface area contributed by atoms with Gasteiger partial charge < -0.3 is 9.47 Å². The van der Waals surface area contributed by atoms with Crippen molar-refractivity contribution in [3.05, 3.63) is 157 Å². The third-order valence-corrected chi connectivity index (χ3v) is 7.23. The van der Waals surface area contributed by atoms with Crippen LogP contribution in [0.15, 0.2) is 152 Å². The molecule has 0 bridgehead atoms. The quantitative estimate of drug-likeness (QED) is 0.226. The minimum atomic E-state index is -0.247. The molecule has 2 nitrogen and oxygen atoms in total. The first-order chi connectivity index (χ1) is 19.3. The van der Waals surface area contributed by atoms with Gasteiger partial charge in [-0.15, -0.1) is 0 Å². The Labute approximate surface area is 226 Å². The van der Waals surface area contributed by atoms with Crippen molar-refractivity contribution in [2.24, 2.45) is 0 Å². The number of aromatic nitrogens is 1. The minimum absolute atomic E-state index is 0.247. The molecule has 0 N–H and O–H groups in total. The van der Waals surface area contributed by atoms with Crippen molar-refractivity contribution in [1.82, 2.24) is 4.57 Å². The van der Waals surface area contributed by atoms with Crippen LogP contribution in [-0.4, -0.2) is 4.57 Å². The third kappa shape index (κ3) is 4.05. The van der Waals surface area contributed by atoms with Crippen molar-refractivity contribution in [1.29, 1.82) is 0 Å². The maximum absolute atomic E-state index is 14.1. The Balaban J connectivity index is 1.61. The molecule has 3 heteroatoms. The number of hydrogen-bond donors (Lipinski definition) is 0. The minimum Gasteiger partial charge on any atom is -0.310 e. The topological polar surface area (TPSA) is 8.17 Å². The molecule has 0 aliphatic rings. The summed E-state index contributed by atoms with van der Waals surface area (Å²) in [6.45, 7) is 0. The number of hydrogen-bond acceptors (Lipinski definition) is 1. The van der Waals surface area contributed by atoms with Crippen LogP contribution in [0.5, 0.6) is 0 Å². The zero-order valence-electron chi connectivity index (χ0n) is 21.2. The number of nitrogens with zero attached hydrogens (tertiary/aromatic N) is 2. The first-order valence-corrected chi connectivity index (χ1v) is 13.1. The summed E-state index contributed by atoms with van der Waals surface area (Å²) in [6, 6.07) is 51.1. The highest BCUT2D eigenvalue weighted by atomic mass is 19.1. The summed E-state index contributed by atoms with van der Waals surface area (Å²) < 4.78 is 16.4. The van der Waals surface area contributed by atoms with Crippen LogP contribution >= 0.6 is 0 Å². The second-order valence-electron chi connectivity index (χ2n) is 9.59. The number of benzene rings is 6. The van der Waals surface area contributed by atoms with E-state index in [1.807, 2.05) is 30.3 Å². The van der Waals surface area contributed by atoms with Gasteiger partial charge in [0.05, 0.1) is 16.7 Å². The van der Waals surface area contributed by atoms with E-state index in [9.17, 15) is 4.39 Å². The fourth-order valence-corrected chi connectivity index (χ4v) is 5.49. The Morgan fingerprint density at radius 3 is 1.69 bits per heavy atom. The van der Waals surface area contributed by atoms with E-state index in [0.717, 1.165) is 50.3 Å². The average Bonchev–Trinajstić information content (AvgIpc) is 3.32. The predicted molar refractivity (Wildman–Crippen MR) is 161 cm³/mol. The Hall–Kier alpha value is -5.15. The van der Waals surface area contributed by atoms with Gasteiger partial charge in [-0.1, -0.05) is 84.9 Å². The Kier molecular flexibility index (Phi) is 5.68. The van der Waals surface area contributed by atoms with Gasteiger partial charge in [-0.05, 0) is 72.3 Å². The van der Waals surface area contributed by atoms with Crippen molar-refractivity contribution in [2.75, 3.05) is 4.90 Å². The van der Waals surface area contributed by atoms with Crippen LogP contribution in [0.3, 0.4) is 0 Å². The summed E-state index contributed by atoms with van der Waals surface area (Å²) in [7, 11) is 0. The molecule has 0 aliphatic heterocycles. The summed E-state index contributed by atoms with van der Waals surface area (Å²) in [5.74, 6) is -0.247. The lowest BCUT2D eigenvalue weighted by molar-refractivity contribution is 0.628. The van der Waals surface area contributed by atoms with Gasteiger partial charge in [0.1, 0.15) is 5.82 Å². The fourth-order valence-electron chi connectivity index (χ4n) is 5.49. The predicted octanol–water partition coefficient (Wildman–Crippen LogP) is 10.1. The van der Waals surface area contributed by atoms with E-state index >= 15 is 0 Å². The Morgan fingerprint density at radius 1 is 0.487 bits per heavy atom. The van der Waals surface area contributed by atoms with E-state index in [2.05, 4.69) is 119 Å². The maximum Gasteiger partial charge on any atom is 0.123 e. The van der Waals surface area contributed by atoms with Crippen molar-refractivity contribution in [3.8, 4) is 16.8 Å². The Morgan fingerprint density at radius 2 is 1.05 bits per heavy atom. The van der Waals surface area contributed by atoms with Crippen LogP contribution in [0, 0.1) is 5.82 Å². The van der Waals surface area contributed by atoms with Crippen LogP contribution in [0.25, 0.3) is 38.6 Å². The van der Waals surface area contributed by atoms with Crippen LogP contribution in [-0.2, 0) is 0 Å². The number of fused-ring (bicyclic) bond motifs is 3. The van der Waals surface area contributed by atoms with E-state index in [1.165, 1.54) is 17.5 Å². The first-order valence-electron chi connectivity index (χ1n) is 13.1. The molecule has 7 rings (SSSR count). The number of rotatable bonds is 5. The van der Waals surface area contributed by atoms with Crippen molar-refractivity contribution < 1.29 is 4.39 Å². The smallest absolute Gasteiger partial charge is 0.123 e. The first kappa shape index (κ1) is 23.0. The van der Waals surface area contributed by atoms with Crippen molar-refractivity contribution >= 4 is 38.9 Å². The molecule has 0 aliphatic carbocycles. The largest absolute Gasteiger partial charge is 0.310 e. The molecule has 0 amide bonds. The molecule has 1 heterocycles. The highest BCUT2D eigenvalue weighted by molar-refractivity contribution is 6.13. The highest BCUT2D eigenvalue weighted by Crippen LogP contribution is 2.45. The fraction of sp³-hybridized carbons (Fsp3) is 0. The number of para-hydroxylation sites is 4. The van der Waals surface area contributed by atoms with E-state index in [-0.39, 0.29) is 5.82 Å². The summed E-state index contributed by atoms with van der Waals surface area (Å²) in [5.41, 5.74) is 8.46. The molecule has 186 valence electrons. The maximum atomic E-state index is 14.1. The van der Waals surface area contributed by atoms with Crippen LogP contribution in [0.1, 0.15) is 0 Å². The monoisotopic (exact) mass is 504 g/mol. The lowest BCUT2D eigenvalue weighted by atomic mass is 9.99. The highest BCUT2D eigenvalue weighted by Gasteiger charge is 2.21. The van der Waals surface area contributed by atoms with E-state index in [0.29, 0.717) is 0 Å². The number of anilines is 3. The number of halogens is 1. The van der Waals surface area contributed by atoms with E-state index in [4.69, 9.17) is 0 Å². The SMILES string of the molecule is Fc1ccc(-c2cc3c(cc2N(c2ccccc2)c2ccccc2)c2ccccc2n3-c2ccccc2)cc1. The molecule has 0 spiro atoms. The molecule has 0 fully saturated rings. The van der Waals surface area contributed by atoms with Gasteiger partial charge in [-0.25, -0.2) is 4.39 Å². The van der Waals surface area contributed by atoms with Gasteiger partial charge in [0.25, 0.3) is 0 Å². The van der Waals surface area contributed by atoms with Crippen molar-refractivity contribution in [3.63, 3.8) is 0 Å². The zero-order valence-corrected chi connectivity index (χ0v) is 21.2. The van der Waals surface area contributed by atoms with E-state index < -0.39 is 0 Å². The molecule has 0 unspecified atom stereocenters. The molecule has 0 saturated carbocycles. The lowest BCUT2D eigenvalue weighted by Crippen LogP contribution is -2.11. The third-order valence-electron chi connectivity index (χ3n) is 7.23. The average molecular weight is 505 g/mol. The summed E-state index contributed by atoms with van der Waals surface area (Å²) >= 11 is 0. The van der Waals surface area contributed by atoms with Gasteiger partial charge in [0.15, 0.2) is 0 Å². The van der Waals surface area contributed by atoms with Gasteiger partial charge in [-0.2, -0.15) is 0 Å². The van der Waals surface area contributed by atoms with Gasteiger partial charge in [0, 0.05) is 33.4 Å². The molecule has 1 aromatic heterocycles. The van der Waals surface area contributed by atoms with E-state index in [1.54, 1.807) is 0 Å². The van der Waals surface area contributed by atoms with Crippen LogP contribution in [0.2, 0.25) is 0 Å². The summed E-state index contributed by atoms with van der Waals surface area (Å²) in [4.78, 5) is 2.28. The molecule has 39 heavy (non-hydrogen) atoms. The molecule has 6 aromatic carbocycles. The normalized spacial score (nSPS) is 11.2. The van der Waals surface area contributed by atoms with Crippen molar-refractivity contribution in [2.45, 2.75) is 0 Å². The van der Waals surface area contributed by atoms with Crippen LogP contribution < -0.4 is 4.90 Å². The summed E-state index contributed by atoms with van der Waals surface area (Å²) in [6.07, 6.45) is 0. The standard InChI is InChI=1S/C36H25FN2/c37-27-22-20-26(21-23-27)32-24-36-33(31-18-10-11-19-34(31)39(36)30-16-8-3-9-17-30)25-35(32)38(28-12-4-1-5-13-28)29-14-6-2-7-15-29/h1-25H. The van der Waals surface area contributed by atoms with Gasteiger partial charge in [0.2, 0.25) is 0 Å². The van der Waals surface area contributed by atoms with Gasteiger partial charge in [-0.3, -0.25) is 0 Å². The second kappa shape index (κ2) is 9.62.